The Balaban J connectivity index is 2.85. The Morgan fingerprint density at radius 2 is 2.00 bits per heavy atom. The van der Waals surface area contributed by atoms with Gasteiger partial charge in [0, 0.05) is 12.1 Å². The maximum Gasteiger partial charge on any atom is 0.125 e. The van der Waals surface area contributed by atoms with Crippen LogP contribution in [0, 0.1) is 0 Å². The highest BCUT2D eigenvalue weighted by Crippen LogP contribution is 2.10. The van der Waals surface area contributed by atoms with Crippen LogP contribution in [0.3, 0.4) is 0 Å². The molecule has 1 aromatic rings. The fourth-order valence-corrected chi connectivity index (χ4v) is 1.02. The van der Waals surface area contributed by atoms with Gasteiger partial charge in [0.2, 0.25) is 0 Å². The summed E-state index contributed by atoms with van der Waals surface area (Å²) in [6.07, 6.45) is 0. The first-order valence-corrected chi connectivity index (χ1v) is 4.22. The van der Waals surface area contributed by atoms with Crippen molar-refractivity contribution < 1.29 is 4.74 Å². The number of hydrogen-bond acceptors (Lipinski definition) is 2. The first kappa shape index (κ1) is 9.58. The van der Waals surface area contributed by atoms with E-state index in [1.54, 1.807) is 7.11 Å². The Hall–Kier alpha value is -1.51. The lowest BCUT2D eigenvalue weighted by Crippen LogP contribution is -2.13. The quantitative estimate of drug-likeness (QED) is 0.562. The van der Waals surface area contributed by atoms with E-state index >= 15 is 0 Å². The van der Waals surface area contributed by atoms with Gasteiger partial charge in [-0.1, -0.05) is 0 Å². The monoisotopic (exact) mass is 178 g/mol. The van der Waals surface area contributed by atoms with Crippen molar-refractivity contribution in [1.29, 1.82) is 0 Å². The van der Waals surface area contributed by atoms with Crippen molar-refractivity contribution in [2.75, 3.05) is 13.7 Å². The van der Waals surface area contributed by atoms with Crippen molar-refractivity contribution in [2.24, 2.45) is 10.7 Å². The maximum absolute atomic E-state index is 5.71. The third-order valence-electron chi connectivity index (χ3n) is 1.71. The van der Waals surface area contributed by atoms with Gasteiger partial charge < -0.3 is 10.5 Å². The summed E-state index contributed by atoms with van der Waals surface area (Å²) in [6, 6.07) is 7.53. The molecular weight excluding hydrogens is 164 g/mol. The molecule has 1 aromatic carbocycles. The molecule has 1 rings (SSSR count). The number of nitrogens with zero attached hydrogens (tertiary/aromatic N) is 1. The second-order valence-corrected chi connectivity index (χ2v) is 2.59. The van der Waals surface area contributed by atoms with Gasteiger partial charge in [-0.2, -0.15) is 0 Å². The van der Waals surface area contributed by atoms with Crippen molar-refractivity contribution in [2.45, 2.75) is 6.92 Å². The molecule has 0 saturated heterocycles. The van der Waals surface area contributed by atoms with Gasteiger partial charge in [0.25, 0.3) is 0 Å². The van der Waals surface area contributed by atoms with Crippen LogP contribution in [-0.4, -0.2) is 19.5 Å². The lowest BCUT2D eigenvalue weighted by atomic mass is 10.2. The van der Waals surface area contributed by atoms with Crippen molar-refractivity contribution in [3.8, 4) is 5.75 Å². The molecule has 13 heavy (non-hydrogen) atoms. The zero-order valence-electron chi connectivity index (χ0n) is 7.95. The zero-order chi connectivity index (χ0) is 9.68. The fourth-order valence-electron chi connectivity index (χ4n) is 1.02. The van der Waals surface area contributed by atoms with E-state index in [-0.39, 0.29) is 0 Å². The van der Waals surface area contributed by atoms with E-state index < -0.39 is 0 Å². The van der Waals surface area contributed by atoms with E-state index in [0.717, 1.165) is 11.3 Å². The second-order valence-electron chi connectivity index (χ2n) is 2.59. The lowest BCUT2D eigenvalue weighted by molar-refractivity contribution is 0.415. The predicted molar refractivity (Wildman–Crippen MR) is 54.3 cm³/mol. The van der Waals surface area contributed by atoms with Gasteiger partial charge in [-0.15, -0.1) is 0 Å². The number of nitrogens with two attached hydrogens (primary N) is 1. The van der Waals surface area contributed by atoms with Gasteiger partial charge in [0.15, 0.2) is 0 Å². The van der Waals surface area contributed by atoms with Crippen LogP contribution in [0.4, 0.5) is 0 Å². The highest BCUT2D eigenvalue weighted by atomic mass is 16.5. The summed E-state index contributed by atoms with van der Waals surface area (Å²) in [4.78, 5) is 4.10. The standard InChI is InChI=1S/C10H14N2O/c1-3-12-10(11)8-4-6-9(13-2)7-5-8/h4-7H,3H2,1-2H3,(H2,11,12). The summed E-state index contributed by atoms with van der Waals surface area (Å²) in [5, 5.41) is 0. The minimum absolute atomic E-state index is 0.574. The molecule has 3 nitrogen and oxygen atoms in total. The van der Waals surface area contributed by atoms with Gasteiger partial charge in [0.05, 0.1) is 7.11 Å². The first-order valence-electron chi connectivity index (χ1n) is 4.22. The van der Waals surface area contributed by atoms with E-state index in [0.29, 0.717) is 12.4 Å². The van der Waals surface area contributed by atoms with Gasteiger partial charge in [0.1, 0.15) is 11.6 Å². The van der Waals surface area contributed by atoms with Gasteiger partial charge >= 0.3 is 0 Å². The van der Waals surface area contributed by atoms with Crippen molar-refractivity contribution in [1.82, 2.24) is 0 Å². The summed E-state index contributed by atoms with van der Waals surface area (Å²) in [6.45, 7) is 2.66. The van der Waals surface area contributed by atoms with E-state index in [4.69, 9.17) is 10.5 Å². The van der Waals surface area contributed by atoms with Crippen LogP contribution in [0.2, 0.25) is 0 Å². The molecule has 70 valence electrons. The average Bonchev–Trinajstić information content (AvgIpc) is 2.18. The zero-order valence-corrected chi connectivity index (χ0v) is 7.95. The molecule has 0 unspecified atom stereocenters. The molecule has 0 bridgehead atoms. The third-order valence-corrected chi connectivity index (χ3v) is 1.71. The predicted octanol–water partition coefficient (Wildman–Crippen LogP) is 1.42. The largest absolute Gasteiger partial charge is 0.497 e. The molecule has 0 aliphatic rings. The number of amidine groups is 1. The molecule has 2 N–H and O–H groups in total. The normalized spacial score (nSPS) is 11.4. The summed E-state index contributed by atoms with van der Waals surface area (Å²) in [7, 11) is 1.64. The third kappa shape index (κ3) is 2.47. The molecule has 0 amide bonds. The molecule has 0 radical (unpaired) electrons. The topological polar surface area (TPSA) is 47.6 Å². The SMILES string of the molecule is CCN=C(N)c1ccc(OC)cc1. The summed E-state index contributed by atoms with van der Waals surface area (Å²) < 4.78 is 5.03. The minimum atomic E-state index is 0.574. The van der Waals surface area contributed by atoms with Crippen molar-refractivity contribution in [3.05, 3.63) is 29.8 Å². The average molecular weight is 178 g/mol. The molecule has 0 aliphatic heterocycles. The molecule has 0 aliphatic carbocycles. The van der Waals surface area contributed by atoms with E-state index in [1.165, 1.54) is 0 Å². The molecule has 0 spiro atoms. The first-order chi connectivity index (χ1) is 6.27. The maximum atomic E-state index is 5.71. The minimum Gasteiger partial charge on any atom is -0.497 e. The molecule has 0 aromatic heterocycles. The van der Waals surface area contributed by atoms with Crippen LogP contribution in [0.5, 0.6) is 5.75 Å². The second kappa shape index (κ2) is 4.50. The molecule has 0 fully saturated rings. The van der Waals surface area contributed by atoms with Crippen LogP contribution in [0.15, 0.2) is 29.3 Å². The van der Waals surface area contributed by atoms with E-state index in [2.05, 4.69) is 4.99 Å². The summed E-state index contributed by atoms with van der Waals surface area (Å²) in [5.41, 5.74) is 6.64. The van der Waals surface area contributed by atoms with Crippen LogP contribution in [-0.2, 0) is 0 Å². The molecule has 0 saturated carbocycles. The van der Waals surface area contributed by atoms with E-state index in [1.807, 2.05) is 31.2 Å². The Morgan fingerprint density at radius 1 is 1.38 bits per heavy atom. The molecular formula is C10H14N2O. The lowest BCUT2D eigenvalue weighted by Gasteiger charge is -2.02. The fraction of sp³-hybridized carbons (Fsp3) is 0.300. The highest BCUT2D eigenvalue weighted by Gasteiger charge is 1.97. The van der Waals surface area contributed by atoms with Gasteiger partial charge in [-0.3, -0.25) is 4.99 Å². The van der Waals surface area contributed by atoms with Crippen molar-refractivity contribution in [3.63, 3.8) is 0 Å². The number of ether oxygens (including phenoxy) is 1. The van der Waals surface area contributed by atoms with Crippen LogP contribution >= 0.6 is 0 Å². The molecule has 3 heteroatoms. The van der Waals surface area contributed by atoms with Crippen LogP contribution < -0.4 is 10.5 Å². The Bertz CT molecular complexity index is 290. The number of hydrogen-bond donors (Lipinski definition) is 1. The Kier molecular flexibility index (Phi) is 3.31. The molecule has 0 heterocycles. The number of rotatable bonds is 3. The van der Waals surface area contributed by atoms with Crippen molar-refractivity contribution >= 4 is 5.84 Å². The van der Waals surface area contributed by atoms with E-state index in [9.17, 15) is 0 Å². The van der Waals surface area contributed by atoms with Gasteiger partial charge in [-0.25, -0.2) is 0 Å². The summed E-state index contributed by atoms with van der Waals surface area (Å²) >= 11 is 0. The Labute approximate surface area is 78.2 Å². The molecule has 0 atom stereocenters. The van der Waals surface area contributed by atoms with Gasteiger partial charge in [-0.05, 0) is 31.2 Å². The van der Waals surface area contributed by atoms with Crippen LogP contribution in [0.25, 0.3) is 0 Å². The van der Waals surface area contributed by atoms with Crippen LogP contribution in [0.1, 0.15) is 12.5 Å². The Morgan fingerprint density at radius 3 is 2.46 bits per heavy atom. The number of benzene rings is 1. The number of aliphatic imine (C=N–C) groups is 1. The summed E-state index contributed by atoms with van der Waals surface area (Å²) in [5.74, 6) is 1.40. The number of methoxy groups -OCH3 is 1. The highest BCUT2D eigenvalue weighted by molar-refractivity contribution is 5.97. The smallest absolute Gasteiger partial charge is 0.125 e.